The summed E-state index contributed by atoms with van der Waals surface area (Å²) < 4.78 is 1.92. The fraction of sp³-hybridized carbons (Fsp3) is 0.833. The molecule has 0 bridgehead atoms. The molecule has 0 saturated carbocycles. The van der Waals surface area contributed by atoms with E-state index >= 15 is 0 Å². The van der Waals surface area contributed by atoms with Crippen molar-refractivity contribution in [2.45, 2.75) is 46.3 Å². The van der Waals surface area contributed by atoms with Gasteiger partial charge in [0.2, 0.25) is 0 Å². The molecule has 98 valence electrons. The van der Waals surface area contributed by atoms with Crippen molar-refractivity contribution in [1.29, 1.82) is 0 Å². The first-order chi connectivity index (χ1) is 8.11. The molecule has 1 aromatic heterocycles. The highest BCUT2D eigenvalue weighted by atomic mass is 15.4. The third kappa shape index (κ3) is 5.79. The van der Waals surface area contributed by atoms with Gasteiger partial charge in [-0.05, 0) is 20.0 Å². The molecule has 1 heterocycles. The molecule has 0 fully saturated rings. The highest BCUT2D eigenvalue weighted by Crippen LogP contribution is 1.95. The van der Waals surface area contributed by atoms with E-state index in [1.165, 1.54) is 6.42 Å². The van der Waals surface area contributed by atoms with Crippen LogP contribution in [0.2, 0.25) is 0 Å². The van der Waals surface area contributed by atoms with Gasteiger partial charge in [0, 0.05) is 25.3 Å². The van der Waals surface area contributed by atoms with Crippen molar-refractivity contribution < 1.29 is 0 Å². The van der Waals surface area contributed by atoms with Crippen LogP contribution in [-0.4, -0.2) is 46.1 Å². The molecule has 0 aliphatic heterocycles. The summed E-state index contributed by atoms with van der Waals surface area (Å²) >= 11 is 0. The SMILES string of the molecule is CCCN(C)CCn1cc(CNC(C)C)nn1. The van der Waals surface area contributed by atoms with Crippen molar-refractivity contribution >= 4 is 0 Å². The number of nitrogens with zero attached hydrogens (tertiary/aromatic N) is 4. The Hall–Kier alpha value is -0.940. The Morgan fingerprint density at radius 2 is 2.18 bits per heavy atom. The van der Waals surface area contributed by atoms with Gasteiger partial charge in [-0.3, -0.25) is 4.68 Å². The van der Waals surface area contributed by atoms with E-state index in [9.17, 15) is 0 Å². The molecule has 0 radical (unpaired) electrons. The molecule has 0 aliphatic rings. The van der Waals surface area contributed by atoms with Crippen LogP contribution >= 0.6 is 0 Å². The summed E-state index contributed by atoms with van der Waals surface area (Å²) in [5.41, 5.74) is 1.01. The van der Waals surface area contributed by atoms with Gasteiger partial charge in [-0.2, -0.15) is 0 Å². The molecular formula is C12H25N5. The van der Waals surface area contributed by atoms with Crippen LogP contribution in [-0.2, 0) is 13.1 Å². The molecular weight excluding hydrogens is 214 g/mol. The van der Waals surface area contributed by atoms with Gasteiger partial charge in [-0.1, -0.05) is 26.0 Å². The lowest BCUT2D eigenvalue weighted by molar-refractivity contribution is 0.311. The molecule has 5 nitrogen and oxygen atoms in total. The zero-order valence-corrected chi connectivity index (χ0v) is 11.5. The van der Waals surface area contributed by atoms with E-state index < -0.39 is 0 Å². The van der Waals surface area contributed by atoms with Gasteiger partial charge in [0.15, 0.2) is 0 Å². The number of likely N-dealkylation sites (N-methyl/N-ethyl adjacent to an activating group) is 1. The second-order valence-electron chi connectivity index (χ2n) is 4.81. The Bertz CT molecular complexity index is 308. The first-order valence-electron chi connectivity index (χ1n) is 6.42. The Morgan fingerprint density at radius 1 is 1.41 bits per heavy atom. The largest absolute Gasteiger partial charge is 0.309 e. The summed E-state index contributed by atoms with van der Waals surface area (Å²) in [6.07, 6.45) is 3.21. The highest BCUT2D eigenvalue weighted by Gasteiger charge is 2.02. The van der Waals surface area contributed by atoms with Crippen molar-refractivity contribution in [2.24, 2.45) is 0 Å². The fourth-order valence-electron chi connectivity index (χ4n) is 1.60. The van der Waals surface area contributed by atoms with Gasteiger partial charge in [-0.15, -0.1) is 5.10 Å². The summed E-state index contributed by atoms with van der Waals surface area (Å²) in [5.74, 6) is 0. The maximum Gasteiger partial charge on any atom is 0.0964 e. The number of hydrogen-bond acceptors (Lipinski definition) is 4. The lowest BCUT2D eigenvalue weighted by atomic mass is 10.3. The Labute approximate surface area is 104 Å². The van der Waals surface area contributed by atoms with E-state index in [4.69, 9.17) is 0 Å². The zero-order valence-electron chi connectivity index (χ0n) is 11.5. The molecule has 0 amide bonds. The summed E-state index contributed by atoms with van der Waals surface area (Å²) in [7, 11) is 2.14. The molecule has 1 rings (SSSR count). The lowest BCUT2D eigenvalue weighted by Crippen LogP contribution is -2.24. The number of aromatic nitrogens is 3. The van der Waals surface area contributed by atoms with E-state index in [1.54, 1.807) is 0 Å². The van der Waals surface area contributed by atoms with Gasteiger partial charge < -0.3 is 10.2 Å². The minimum Gasteiger partial charge on any atom is -0.309 e. The van der Waals surface area contributed by atoms with Gasteiger partial charge in [0.05, 0.1) is 12.2 Å². The molecule has 0 saturated heterocycles. The van der Waals surface area contributed by atoms with Gasteiger partial charge in [0.1, 0.15) is 0 Å². The Morgan fingerprint density at radius 3 is 2.82 bits per heavy atom. The zero-order chi connectivity index (χ0) is 12.7. The molecule has 0 aromatic carbocycles. The van der Waals surface area contributed by atoms with Crippen LogP contribution in [0.3, 0.4) is 0 Å². The van der Waals surface area contributed by atoms with Crippen LogP contribution in [0.15, 0.2) is 6.20 Å². The molecule has 0 aliphatic carbocycles. The minimum absolute atomic E-state index is 0.482. The third-order valence-electron chi connectivity index (χ3n) is 2.59. The fourth-order valence-corrected chi connectivity index (χ4v) is 1.60. The molecule has 0 unspecified atom stereocenters. The van der Waals surface area contributed by atoms with Gasteiger partial charge in [-0.25, -0.2) is 0 Å². The third-order valence-corrected chi connectivity index (χ3v) is 2.59. The molecule has 17 heavy (non-hydrogen) atoms. The van der Waals surface area contributed by atoms with E-state index in [-0.39, 0.29) is 0 Å². The maximum absolute atomic E-state index is 4.14. The average molecular weight is 239 g/mol. The van der Waals surface area contributed by atoms with Crippen LogP contribution in [0.25, 0.3) is 0 Å². The molecule has 0 spiro atoms. The number of nitrogens with one attached hydrogen (secondary N) is 1. The topological polar surface area (TPSA) is 46.0 Å². The van der Waals surface area contributed by atoms with Crippen LogP contribution in [0, 0.1) is 0 Å². The quantitative estimate of drug-likeness (QED) is 0.738. The highest BCUT2D eigenvalue weighted by molar-refractivity contribution is 4.91. The van der Waals surface area contributed by atoms with Crippen LogP contribution in [0.1, 0.15) is 32.9 Å². The summed E-state index contributed by atoms with van der Waals surface area (Å²) in [6, 6.07) is 0.482. The van der Waals surface area contributed by atoms with Crippen LogP contribution in [0.5, 0.6) is 0 Å². The summed E-state index contributed by atoms with van der Waals surface area (Å²) in [5, 5.41) is 11.6. The van der Waals surface area contributed by atoms with E-state index in [2.05, 4.69) is 48.3 Å². The van der Waals surface area contributed by atoms with Crippen molar-refractivity contribution in [2.75, 3.05) is 20.1 Å². The average Bonchev–Trinajstić information content (AvgIpc) is 2.72. The minimum atomic E-state index is 0.482. The van der Waals surface area contributed by atoms with Crippen molar-refractivity contribution in [3.8, 4) is 0 Å². The maximum atomic E-state index is 4.14. The van der Waals surface area contributed by atoms with Crippen LogP contribution < -0.4 is 5.32 Å². The normalized spacial score (nSPS) is 11.6. The molecule has 0 atom stereocenters. The van der Waals surface area contributed by atoms with Crippen molar-refractivity contribution in [1.82, 2.24) is 25.2 Å². The predicted molar refractivity (Wildman–Crippen MR) is 69.8 cm³/mol. The lowest BCUT2D eigenvalue weighted by Gasteiger charge is -2.14. The second kappa shape index (κ2) is 7.40. The van der Waals surface area contributed by atoms with E-state index in [1.807, 2.05) is 10.9 Å². The van der Waals surface area contributed by atoms with E-state index in [0.29, 0.717) is 6.04 Å². The Balaban J connectivity index is 2.30. The van der Waals surface area contributed by atoms with Gasteiger partial charge >= 0.3 is 0 Å². The number of rotatable bonds is 8. The second-order valence-corrected chi connectivity index (χ2v) is 4.81. The summed E-state index contributed by atoms with van der Waals surface area (Å²) in [4.78, 5) is 2.31. The predicted octanol–water partition coefficient (Wildman–Crippen LogP) is 1.12. The Kier molecular flexibility index (Phi) is 6.15. The molecule has 5 heteroatoms. The number of hydrogen-bond donors (Lipinski definition) is 1. The smallest absolute Gasteiger partial charge is 0.0964 e. The first kappa shape index (κ1) is 14.1. The molecule has 1 aromatic rings. The standard InChI is InChI=1S/C12H25N5/c1-5-6-16(4)7-8-17-10-12(14-15-17)9-13-11(2)3/h10-11,13H,5-9H2,1-4H3. The first-order valence-corrected chi connectivity index (χ1v) is 6.42. The molecule has 1 N–H and O–H groups in total. The van der Waals surface area contributed by atoms with Crippen molar-refractivity contribution in [3.63, 3.8) is 0 Å². The summed E-state index contributed by atoms with van der Waals surface area (Å²) in [6.45, 7) is 10.3. The van der Waals surface area contributed by atoms with E-state index in [0.717, 1.165) is 31.9 Å². The van der Waals surface area contributed by atoms with Crippen LogP contribution in [0.4, 0.5) is 0 Å². The van der Waals surface area contributed by atoms with Crippen molar-refractivity contribution in [3.05, 3.63) is 11.9 Å². The monoisotopic (exact) mass is 239 g/mol. The van der Waals surface area contributed by atoms with Gasteiger partial charge in [0.25, 0.3) is 0 Å².